The van der Waals surface area contributed by atoms with E-state index >= 15 is 0 Å². The summed E-state index contributed by atoms with van der Waals surface area (Å²) in [7, 11) is 4.56. The Labute approximate surface area is 201 Å². The molecule has 0 aliphatic carbocycles. The Balaban J connectivity index is 1.60. The number of esters is 1. The van der Waals surface area contributed by atoms with E-state index in [2.05, 4.69) is 0 Å². The summed E-state index contributed by atoms with van der Waals surface area (Å²) in [6, 6.07) is 13.2. The number of fused-ring (bicyclic) bond motifs is 3. The molecule has 35 heavy (non-hydrogen) atoms. The third-order valence-electron chi connectivity index (χ3n) is 6.10. The molecule has 0 bridgehead atoms. The molecule has 2 aliphatic heterocycles. The first kappa shape index (κ1) is 22.3. The zero-order valence-corrected chi connectivity index (χ0v) is 19.3. The minimum absolute atomic E-state index is 0.0777. The van der Waals surface area contributed by atoms with Crippen molar-refractivity contribution in [2.75, 3.05) is 21.3 Å². The maximum Gasteiger partial charge on any atom is 0.312 e. The highest BCUT2D eigenvalue weighted by Gasteiger charge is 2.38. The molecule has 2 heterocycles. The zero-order chi connectivity index (χ0) is 24.7. The molecule has 178 valence electrons. The molecule has 2 aliphatic rings. The van der Waals surface area contributed by atoms with Gasteiger partial charge >= 0.3 is 5.97 Å². The number of Topliss-reactive ketones (excluding diaryl/α,β-unsaturated/α-hetero) is 1. The van der Waals surface area contributed by atoms with Gasteiger partial charge in [0, 0.05) is 23.1 Å². The molecule has 5 rings (SSSR count). The lowest BCUT2D eigenvalue weighted by atomic mass is 9.84. The van der Waals surface area contributed by atoms with Gasteiger partial charge in [0.05, 0.1) is 33.3 Å². The van der Waals surface area contributed by atoms with Gasteiger partial charge in [-0.25, -0.2) is 0 Å². The third kappa shape index (κ3) is 3.82. The second kappa shape index (κ2) is 8.72. The van der Waals surface area contributed by atoms with Crippen molar-refractivity contribution in [3.8, 4) is 34.5 Å². The summed E-state index contributed by atoms with van der Waals surface area (Å²) in [5.74, 6) is 1.25. The number of hydrogen-bond donors (Lipinski definition) is 1. The lowest BCUT2D eigenvalue weighted by molar-refractivity contribution is -0.135. The van der Waals surface area contributed by atoms with E-state index in [1.54, 1.807) is 54.6 Å². The summed E-state index contributed by atoms with van der Waals surface area (Å²) in [5.41, 5.74) is 2.35. The van der Waals surface area contributed by atoms with Crippen LogP contribution in [-0.4, -0.2) is 38.2 Å². The van der Waals surface area contributed by atoms with Crippen LogP contribution in [0.5, 0.6) is 34.5 Å². The number of benzene rings is 3. The molecule has 0 aromatic heterocycles. The van der Waals surface area contributed by atoms with Crippen molar-refractivity contribution < 1.29 is 38.4 Å². The number of methoxy groups -OCH3 is 3. The fraction of sp³-hybridized carbons (Fsp3) is 0.185. The quantitative estimate of drug-likeness (QED) is 0.328. The summed E-state index contributed by atoms with van der Waals surface area (Å²) >= 11 is 0. The van der Waals surface area contributed by atoms with Crippen LogP contribution in [0.25, 0.3) is 6.08 Å². The normalized spacial score (nSPS) is 17.3. The monoisotopic (exact) mass is 474 g/mol. The highest BCUT2D eigenvalue weighted by Crippen LogP contribution is 2.49. The van der Waals surface area contributed by atoms with Crippen LogP contribution in [0.4, 0.5) is 0 Å². The predicted octanol–water partition coefficient (Wildman–Crippen LogP) is 4.48. The number of rotatable bonds is 5. The van der Waals surface area contributed by atoms with Gasteiger partial charge in [0.25, 0.3) is 0 Å². The Morgan fingerprint density at radius 2 is 1.57 bits per heavy atom. The van der Waals surface area contributed by atoms with Gasteiger partial charge in [0.2, 0.25) is 5.78 Å². The highest BCUT2D eigenvalue weighted by atomic mass is 16.5. The first-order valence-electron chi connectivity index (χ1n) is 10.8. The van der Waals surface area contributed by atoms with Gasteiger partial charge in [0.1, 0.15) is 23.0 Å². The third-order valence-corrected chi connectivity index (χ3v) is 6.10. The van der Waals surface area contributed by atoms with Crippen LogP contribution in [0.3, 0.4) is 0 Å². The van der Waals surface area contributed by atoms with Crippen molar-refractivity contribution in [2.24, 2.45) is 0 Å². The van der Waals surface area contributed by atoms with E-state index in [0.717, 1.165) is 5.56 Å². The van der Waals surface area contributed by atoms with Crippen LogP contribution < -0.4 is 23.7 Å². The van der Waals surface area contributed by atoms with Gasteiger partial charge in [-0.15, -0.1) is 0 Å². The standard InChI is InChI=1S/C27H22O8/c1-31-20-13-22(33-3)21(32-2)10-15(20)11-23-26(30)17-8-9-19-25(27(17)35-23)18(12-24(29)34-19)14-4-6-16(28)7-5-14/h4-11,13,18,28H,12H2,1-3H3/b23-11+. The lowest BCUT2D eigenvalue weighted by Crippen LogP contribution is -2.21. The molecule has 1 unspecified atom stereocenters. The summed E-state index contributed by atoms with van der Waals surface area (Å²) in [5, 5.41) is 9.68. The number of ether oxygens (including phenoxy) is 5. The van der Waals surface area contributed by atoms with Crippen LogP contribution in [0.2, 0.25) is 0 Å². The molecule has 8 heteroatoms. The lowest BCUT2D eigenvalue weighted by Gasteiger charge is -2.26. The van der Waals surface area contributed by atoms with Crippen molar-refractivity contribution in [1.29, 1.82) is 0 Å². The molecule has 0 saturated heterocycles. The molecular weight excluding hydrogens is 452 g/mol. The summed E-state index contributed by atoms with van der Waals surface area (Å²) < 4.78 is 27.8. The van der Waals surface area contributed by atoms with Crippen molar-refractivity contribution in [1.82, 2.24) is 0 Å². The minimum atomic E-state index is -0.399. The molecule has 0 spiro atoms. The maximum atomic E-state index is 13.3. The maximum absolute atomic E-state index is 13.3. The fourth-order valence-corrected chi connectivity index (χ4v) is 4.40. The zero-order valence-electron chi connectivity index (χ0n) is 19.3. The Kier molecular flexibility index (Phi) is 5.56. The smallest absolute Gasteiger partial charge is 0.312 e. The first-order chi connectivity index (χ1) is 16.9. The molecule has 1 N–H and O–H groups in total. The Hall–Kier alpha value is -4.46. The number of phenolic OH excluding ortho intramolecular Hbond substituents is 1. The van der Waals surface area contributed by atoms with E-state index in [4.69, 9.17) is 23.7 Å². The van der Waals surface area contributed by atoms with Gasteiger partial charge < -0.3 is 28.8 Å². The average Bonchev–Trinajstić information content (AvgIpc) is 3.18. The van der Waals surface area contributed by atoms with E-state index in [1.165, 1.54) is 21.3 Å². The summed E-state index contributed by atoms with van der Waals surface area (Å²) in [4.78, 5) is 25.6. The second-order valence-electron chi connectivity index (χ2n) is 8.07. The number of carbonyl (C=O) groups is 2. The van der Waals surface area contributed by atoms with Crippen LogP contribution >= 0.6 is 0 Å². The van der Waals surface area contributed by atoms with Gasteiger partial charge in [-0.3, -0.25) is 9.59 Å². The topological polar surface area (TPSA) is 101 Å². The number of ketones is 1. The molecule has 0 amide bonds. The number of carbonyl (C=O) groups excluding carboxylic acids is 2. The minimum Gasteiger partial charge on any atom is -0.508 e. The largest absolute Gasteiger partial charge is 0.508 e. The van der Waals surface area contributed by atoms with E-state index in [-0.39, 0.29) is 29.7 Å². The first-order valence-corrected chi connectivity index (χ1v) is 10.8. The van der Waals surface area contributed by atoms with Crippen molar-refractivity contribution in [2.45, 2.75) is 12.3 Å². The SMILES string of the molecule is COc1cc(OC)c(OC)cc1/C=C1/Oc2c(ccc3c2C(c2ccc(O)cc2)CC(=O)O3)C1=O. The average molecular weight is 474 g/mol. The number of aromatic hydroxyl groups is 1. The van der Waals surface area contributed by atoms with Crippen LogP contribution in [0, 0.1) is 0 Å². The van der Waals surface area contributed by atoms with Crippen LogP contribution in [0.1, 0.15) is 39.4 Å². The number of phenols is 1. The van der Waals surface area contributed by atoms with Gasteiger partial charge in [-0.05, 0) is 42.0 Å². The van der Waals surface area contributed by atoms with Crippen molar-refractivity contribution >= 4 is 17.8 Å². The predicted molar refractivity (Wildman–Crippen MR) is 126 cm³/mol. The second-order valence-corrected chi connectivity index (χ2v) is 8.07. The van der Waals surface area contributed by atoms with Gasteiger partial charge in [0.15, 0.2) is 17.3 Å². The van der Waals surface area contributed by atoms with Crippen LogP contribution in [0.15, 0.2) is 54.3 Å². The fourth-order valence-electron chi connectivity index (χ4n) is 4.40. The van der Waals surface area contributed by atoms with E-state index < -0.39 is 5.92 Å². The molecule has 0 fully saturated rings. The molecule has 0 saturated carbocycles. The Morgan fingerprint density at radius 1 is 0.886 bits per heavy atom. The summed E-state index contributed by atoms with van der Waals surface area (Å²) in [6.45, 7) is 0. The highest BCUT2D eigenvalue weighted by molar-refractivity contribution is 6.15. The van der Waals surface area contributed by atoms with Gasteiger partial charge in [-0.2, -0.15) is 0 Å². The molecule has 8 nitrogen and oxygen atoms in total. The molecular formula is C27H22O8. The van der Waals surface area contributed by atoms with E-state index in [1.807, 2.05) is 0 Å². The molecule has 3 aromatic rings. The van der Waals surface area contributed by atoms with Gasteiger partial charge in [-0.1, -0.05) is 12.1 Å². The van der Waals surface area contributed by atoms with Crippen molar-refractivity contribution in [3.05, 3.63) is 76.5 Å². The molecule has 1 atom stereocenters. The molecule has 0 radical (unpaired) electrons. The summed E-state index contributed by atoms with van der Waals surface area (Å²) in [6.07, 6.45) is 1.66. The van der Waals surface area contributed by atoms with E-state index in [0.29, 0.717) is 45.4 Å². The van der Waals surface area contributed by atoms with Crippen molar-refractivity contribution in [3.63, 3.8) is 0 Å². The number of allylic oxidation sites excluding steroid dienone is 1. The Bertz CT molecular complexity index is 1370. The Morgan fingerprint density at radius 3 is 2.26 bits per heavy atom. The molecule has 3 aromatic carbocycles. The number of hydrogen-bond acceptors (Lipinski definition) is 8. The van der Waals surface area contributed by atoms with E-state index in [9.17, 15) is 14.7 Å². The van der Waals surface area contributed by atoms with Crippen LogP contribution in [-0.2, 0) is 4.79 Å².